The number of hydrogen-bond acceptors (Lipinski definition) is 3. The number of rotatable bonds is 6. The van der Waals surface area contributed by atoms with Gasteiger partial charge in [-0.25, -0.2) is 4.39 Å². The highest BCUT2D eigenvalue weighted by Crippen LogP contribution is 2.12. The molecular formula is C18H19FN2O2S. The van der Waals surface area contributed by atoms with Gasteiger partial charge < -0.3 is 0 Å². The Balaban J connectivity index is 1.64. The van der Waals surface area contributed by atoms with Crippen LogP contribution in [-0.4, -0.2) is 17.6 Å². The van der Waals surface area contributed by atoms with Crippen molar-refractivity contribution in [2.24, 2.45) is 0 Å². The summed E-state index contributed by atoms with van der Waals surface area (Å²) in [5.41, 5.74) is 7.76. The molecule has 0 bridgehead atoms. The second-order valence-corrected chi connectivity index (χ2v) is 6.36. The van der Waals surface area contributed by atoms with Gasteiger partial charge in [-0.1, -0.05) is 42.0 Å². The molecule has 0 fully saturated rings. The average molecular weight is 346 g/mol. The molecule has 4 nitrogen and oxygen atoms in total. The Bertz CT molecular complexity index is 687. The van der Waals surface area contributed by atoms with Crippen LogP contribution in [0.2, 0.25) is 0 Å². The fourth-order valence-corrected chi connectivity index (χ4v) is 2.74. The molecule has 0 aliphatic rings. The van der Waals surface area contributed by atoms with Gasteiger partial charge in [0.15, 0.2) is 0 Å². The van der Waals surface area contributed by atoms with Crippen LogP contribution in [0.25, 0.3) is 0 Å². The Kier molecular flexibility index (Phi) is 6.81. The maximum Gasteiger partial charge on any atom is 0.248 e. The summed E-state index contributed by atoms with van der Waals surface area (Å²) >= 11 is 1.47. The van der Waals surface area contributed by atoms with Crippen LogP contribution in [0.3, 0.4) is 0 Å². The fraction of sp³-hybridized carbons (Fsp3) is 0.222. The van der Waals surface area contributed by atoms with Gasteiger partial charge in [-0.15, -0.1) is 11.8 Å². The molecule has 0 aliphatic heterocycles. The number of carbonyl (C=O) groups excluding carboxylic acids is 2. The number of thioether (sulfide) groups is 1. The smallest absolute Gasteiger partial charge is 0.248 e. The van der Waals surface area contributed by atoms with E-state index in [2.05, 4.69) is 10.9 Å². The highest BCUT2D eigenvalue weighted by molar-refractivity contribution is 7.99. The summed E-state index contributed by atoms with van der Waals surface area (Å²) in [6, 6.07) is 13.8. The van der Waals surface area contributed by atoms with Gasteiger partial charge in [0.1, 0.15) is 5.82 Å². The largest absolute Gasteiger partial charge is 0.273 e. The molecule has 0 spiro atoms. The Morgan fingerprint density at radius 2 is 1.50 bits per heavy atom. The van der Waals surface area contributed by atoms with Crippen molar-refractivity contribution in [3.63, 3.8) is 0 Å². The van der Waals surface area contributed by atoms with Crippen molar-refractivity contribution in [1.82, 2.24) is 10.9 Å². The zero-order valence-electron chi connectivity index (χ0n) is 13.3. The molecule has 2 aromatic carbocycles. The van der Waals surface area contributed by atoms with Gasteiger partial charge in [-0.3, -0.25) is 20.4 Å². The van der Waals surface area contributed by atoms with E-state index in [0.29, 0.717) is 5.56 Å². The lowest BCUT2D eigenvalue weighted by Crippen LogP contribution is -2.43. The summed E-state index contributed by atoms with van der Waals surface area (Å²) in [6.45, 7) is 2.03. The summed E-state index contributed by atoms with van der Waals surface area (Å²) in [5.74, 6) is 0.0261. The number of aryl methyl sites for hydroxylation is 1. The molecular weight excluding hydrogens is 327 g/mol. The molecule has 0 radical (unpaired) electrons. The van der Waals surface area contributed by atoms with Crippen LogP contribution in [-0.2, 0) is 21.8 Å². The van der Waals surface area contributed by atoms with Gasteiger partial charge in [0, 0.05) is 5.75 Å². The normalized spacial score (nSPS) is 10.2. The predicted molar refractivity (Wildman–Crippen MR) is 93.7 cm³/mol. The van der Waals surface area contributed by atoms with Gasteiger partial charge in [0.05, 0.1) is 12.2 Å². The molecule has 0 saturated carbocycles. The fourth-order valence-electron chi connectivity index (χ4n) is 1.95. The monoisotopic (exact) mass is 346 g/mol. The van der Waals surface area contributed by atoms with Gasteiger partial charge in [0.25, 0.3) is 0 Å². The van der Waals surface area contributed by atoms with E-state index in [-0.39, 0.29) is 29.8 Å². The highest BCUT2D eigenvalue weighted by atomic mass is 32.2. The third kappa shape index (κ3) is 6.42. The first-order valence-corrected chi connectivity index (χ1v) is 8.64. The Morgan fingerprint density at radius 1 is 0.917 bits per heavy atom. The first kappa shape index (κ1) is 18.0. The summed E-state index contributed by atoms with van der Waals surface area (Å²) in [4.78, 5) is 23.4. The molecule has 126 valence electrons. The SMILES string of the molecule is Cc1ccc(CSCC(=O)NNC(=O)Cc2ccc(F)cc2)cc1. The summed E-state index contributed by atoms with van der Waals surface area (Å²) < 4.78 is 12.8. The van der Waals surface area contributed by atoms with E-state index in [4.69, 9.17) is 0 Å². The number of nitrogens with one attached hydrogen (secondary N) is 2. The number of benzene rings is 2. The second kappa shape index (κ2) is 9.08. The summed E-state index contributed by atoms with van der Waals surface area (Å²) in [6.07, 6.45) is 0.0804. The van der Waals surface area contributed by atoms with Crippen molar-refractivity contribution < 1.29 is 14.0 Å². The van der Waals surface area contributed by atoms with E-state index in [1.54, 1.807) is 0 Å². The van der Waals surface area contributed by atoms with Crippen LogP contribution in [0.5, 0.6) is 0 Å². The van der Waals surface area contributed by atoms with Gasteiger partial charge in [0.2, 0.25) is 11.8 Å². The standard InChI is InChI=1S/C18H19FN2O2S/c1-13-2-4-15(5-3-13)11-24-12-18(23)21-20-17(22)10-14-6-8-16(19)9-7-14/h2-9H,10-12H2,1H3,(H,20,22)(H,21,23). The lowest BCUT2D eigenvalue weighted by atomic mass is 10.1. The molecule has 0 atom stereocenters. The van der Waals surface area contributed by atoms with Gasteiger partial charge in [-0.2, -0.15) is 0 Å². The Morgan fingerprint density at radius 3 is 2.17 bits per heavy atom. The zero-order chi connectivity index (χ0) is 17.4. The lowest BCUT2D eigenvalue weighted by molar-refractivity contribution is -0.127. The second-order valence-electron chi connectivity index (χ2n) is 5.38. The minimum Gasteiger partial charge on any atom is -0.273 e. The maximum atomic E-state index is 12.8. The van der Waals surface area contributed by atoms with Crippen LogP contribution in [0, 0.1) is 12.7 Å². The Hall–Kier alpha value is -2.34. The molecule has 0 saturated heterocycles. The van der Waals surface area contributed by atoms with E-state index in [1.807, 2.05) is 31.2 Å². The summed E-state index contributed by atoms with van der Waals surface area (Å²) in [7, 11) is 0. The number of carbonyl (C=O) groups is 2. The van der Waals surface area contributed by atoms with Crippen molar-refractivity contribution in [3.8, 4) is 0 Å². The number of amides is 2. The highest BCUT2D eigenvalue weighted by Gasteiger charge is 2.06. The molecule has 2 rings (SSSR count). The van der Waals surface area contributed by atoms with E-state index >= 15 is 0 Å². The molecule has 2 N–H and O–H groups in total. The van der Waals surface area contributed by atoms with Crippen molar-refractivity contribution in [2.75, 3.05) is 5.75 Å². The average Bonchev–Trinajstić information content (AvgIpc) is 2.57. The molecule has 0 aliphatic carbocycles. The van der Waals surface area contributed by atoms with Gasteiger partial charge >= 0.3 is 0 Å². The molecule has 6 heteroatoms. The first-order chi connectivity index (χ1) is 11.5. The Labute approximate surface area is 144 Å². The predicted octanol–water partition coefficient (Wildman–Crippen LogP) is 2.76. The van der Waals surface area contributed by atoms with Crippen LogP contribution < -0.4 is 10.9 Å². The third-order valence-corrected chi connectivity index (χ3v) is 4.25. The quantitative estimate of drug-likeness (QED) is 0.791. The van der Waals surface area contributed by atoms with Crippen LogP contribution in [0.15, 0.2) is 48.5 Å². The van der Waals surface area contributed by atoms with Crippen LogP contribution in [0.1, 0.15) is 16.7 Å². The van der Waals surface area contributed by atoms with Crippen LogP contribution in [0.4, 0.5) is 4.39 Å². The van der Waals surface area contributed by atoms with E-state index < -0.39 is 0 Å². The third-order valence-electron chi connectivity index (χ3n) is 3.24. The van der Waals surface area contributed by atoms with E-state index in [9.17, 15) is 14.0 Å². The molecule has 2 amide bonds. The lowest BCUT2D eigenvalue weighted by Gasteiger charge is -2.07. The van der Waals surface area contributed by atoms with Crippen molar-refractivity contribution >= 4 is 23.6 Å². The topological polar surface area (TPSA) is 58.2 Å². The molecule has 2 aromatic rings. The van der Waals surface area contributed by atoms with Crippen LogP contribution >= 0.6 is 11.8 Å². The zero-order valence-corrected chi connectivity index (χ0v) is 14.2. The summed E-state index contributed by atoms with van der Waals surface area (Å²) in [5, 5.41) is 0. The minimum absolute atomic E-state index is 0.0804. The van der Waals surface area contributed by atoms with E-state index in [1.165, 1.54) is 41.6 Å². The number of hydrazine groups is 1. The maximum absolute atomic E-state index is 12.8. The molecule has 0 aromatic heterocycles. The van der Waals surface area contributed by atoms with Crippen molar-refractivity contribution in [3.05, 3.63) is 71.0 Å². The van der Waals surface area contributed by atoms with Crippen molar-refractivity contribution in [1.29, 1.82) is 0 Å². The van der Waals surface area contributed by atoms with Crippen molar-refractivity contribution in [2.45, 2.75) is 19.1 Å². The molecule has 24 heavy (non-hydrogen) atoms. The van der Waals surface area contributed by atoms with Gasteiger partial charge in [-0.05, 0) is 30.2 Å². The first-order valence-electron chi connectivity index (χ1n) is 7.48. The molecule has 0 heterocycles. The number of hydrogen-bond donors (Lipinski definition) is 2. The molecule has 0 unspecified atom stereocenters. The minimum atomic E-state index is -0.349. The number of halogens is 1. The van der Waals surface area contributed by atoms with E-state index in [0.717, 1.165) is 11.3 Å².